The van der Waals surface area contributed by atoms with Crippen LogP contribution in [-0.2, 0) is 0 Å². The van der Waals surface area contributed by atoms with E-state index >= 15 is 0 Å². The van der Waals surface area contributed by atoms with Gasteiger partial charge in [-0.2, -0.15) is 0 Å². The number of rotatable bonds is 6. The molecule has 3 atom stereocenters. The molecule has 0 aromatic heterocycles. The molecule has 138 valence electrons. The molecule has 0 N–H and O–H groups in total. The summed E-state index contributed by atoms with van der Waals surface area (Å²) in [6.45, 7) is 12.8. The van der Waals surface area contributed by atoms with E-state index in [1.807, 2.05) is 0 Å². The van der Waals surface area contributed by atoms with E-state index in [4.69, 9.17) is 0 Å². The second-order valence-electron chi connectivity index (χ2n) is 10.1. The van der Waals surface area contributed by atoms with Gasteiger partial charge in [0.05, 0.1) is 0 Å². The third-order valence-corrected chi connectivity index (χ3v) is 7.41. The molecule has 4 aliphatic rings. The minimum absolute atomic E-state index is 0.722. The average Bonchev–Trinajstić information content (AvgIpc) is 3.23. The predicted octanol–water partition coefficient (Wildman–Crippen LogP) is 3.30. The third kappa shape index (κ3) is 3.83. The zero-order valence-electron chi connectivity index (χ0n) is 16.3. The van der Waals surface area contributed by atoms with Gasteiger partial charge in [-0.15, -0.1) is 0 Å². The molecule has 4 fully saturated rings. The van der Waals surface area contributed by atoms with Crippen molar-refractivity contribution in [3.05, 3.63) is 0 Å². The minimum Gasteiger partial charge on any atom is -0.304 e. The topological polar surface area (TPSA) is 9.72 Å². The molecule has 1 saturated carbocycles. The number of hydrogen-bond acceptors (Lipinski definition) is 3. The van der Waals surface area contributed by atoms with Gasteiger partial charge in [-0.1, -0.05) is 13.8 Å². The molecule has 4 rings (SSSR count). The lowest BCUT2D eigenvalue weighted by atomic mass is 9.87. The van der Waals surface area contributed by atoms with Crippen LogP contribution < -0.4 is 0 Å². The summed E-state index contributed by atoms with van der Waals surface area (Å²) >= 11 is 0. The lowest BCUT2D eigenvalue weighted by Crippen LogP contribution is -2.50. The molecule has 0 aromatic carbocycles. The van der Waals surface area contributed by atoms with Gasteiger partial charge >= 0.3 is 0 Å². The third-order valence-electron chi connectivity index (χ3n) is 7.41. The van der Waals surface area contributed by atoms with Gasteiger partial charge in [-0.25, -0.2) is 0 Å². The Kier molecular flexibility index (Phi) is 4.96. The maximum atomic E-state index is 2.98. The van der Waals surface area contributed by atoms with Crippen LogP contribution in [0.15, 0.2) is 0 Å². The summed E-state index contributed by atoms with van der Waals surface area (Å²) in [4.78, 5) is 8.21. The second-order valence-corrected chi connectivity index (χ2v) is 10.1. The molecule has 3 nitrogen and oxygen atoms in total. The van der Waals surface area contributed by atoms with E-state index in [1.165, 1.54) is 84.2 Å². The summed E-state index contributed by atoms with van der Waals surface area (Å²) in [6, 6.07) is 1.84. The van der Waals surface area contributed by atoms with Gasteiger partial charge < -0.3 is 9.80 Å². The number of fused-ring (bicyclic) bond motifs is 2. The maximum Gasteiger partial charge on any atom is 0.0110 e. The van der Waals surface area contributed by atoms with Crippen molar-refractivity contribution in [1.82, 2.24) is 14.7 Å². The van der Waals surface area contributed by atoms with Gasteiger partial charge in [-0.05, 0) is 69.2 Å². The molecule has 1 aliphatic carbocycles. The Bertz CT molecular complexity index is 409. The molecule has 2 bridgehead atoms. The van der Waals surface area contributed by atoms with E-state index < -0.39 is 0 Å². The SMILES string of the molecule is CC(C)CC1(CN2[C@@H]3CC[C@H]2C[C@@H](CN2CCN(C)CC2)C3)CC1. The second kappa shape index (κ2) is 6.89. The Morgan fingerprint density at radius 1 is 0.958 bits per heavy atom. The molecular formula is C21H39N3. The number of nitrogens with zero attached hydrogens (tertiary/aromatic N) is 3. The highest BCUT2D eigenvalue weighted by Crippen LogP contribution is 2.53. The maximum absolute atomic E-state index is 2.98. The Morgan fingerprint density at radius 2 is 1.58 bits per heavy atom. The Hall–Kier alpha value is -0.120. The van der Waals surface area contributed by atoms with Crippen molar-refractivity contribution in [2.75, 3.05) is 46.3 Å². The van der Waals surface area contributed by atoms with E-state index in [0.29, 0.717) is 0 Å². The largest absolute Gasteiger partial charge is 0.304 e. The highest BCUT2D eigenvalue weighted by Gasteiger charge is 2.49. The van der Waals surface area contributed by atoms with Crippen molar-refractivity contribution >= 4 is 0 Å². The molecule has 0 spiro atoms. The zero-order chi connectivity index (χ0) is 16.7. The fraction of sp³-hybridized carbons (Fsp3) is 1.00. The summed E-state index contributed by atoms with van der Waals surface area (Å²) in [5, 5.41) is 0. The quantitative estimate of drug-likeness (QED) is 0.738. The summed E-state index contributed by atoms with van der Waals surface area (Å²) in [5.41, 5.74) is 0.722. The van der Waals surface area contributed by atoms with Gasteiger partial charge in [0.2, 0.25) is 0 Å². The van der Waals surface area contributed by atoms with Crippen molar-refractivity contribution < 1.29 is 0 Å². The van der Waals surface area contributed by atoms with Crippen LogP contribution >= 0.6 is 0 Å². The summed E-state index contributed by atoms with van der Waals surface area (Å²) in [5.74, 6) is 1.85. The first-order chi connectivity index (χ1) is 11.5. The lowest BCUT2D eigenvalue weighted by Gasteiger charge is -2.43. The molecular weight excluding hydrogens is 294 g/mol. The summed E-state index contributed by atoms with van der Waals surface area (Å²) in [7, 11) is 2.26. The van der Waals surface area contributed by atoms with Gasteiger partial charge in [0.1, 0.15) is 0 Å². The smallest absolute Gasteiger partial charge is 0.0110 e. The van der Waals surface area contributed by atoms with Crippen LogP contribution in [0.1, 0.15) is 58.8 Å². The number of piperidine rings is 1. The van der Waals surface area contributed by atoms with Gasteiger partial charge in [0.15, 0.2) is 0 Å². The Balaban J connectivity index is 1.29. The molecule has 3 heterocycles. The van der Waals surface area contributed by atoms with Crippen LogP contribution in [0.2, 0.25) is 0 Å². The predicted molar refractivity (Wildman–Crippen MR) is 101 cm³/mol. The number of hydrogen-bond donors (Lipinski definition) is 0. The molecule has 3 aliphatic heterocycles. The highest BCUT2D eigenvalue weighted by atomic mass is 15.3. The molecule has 0 amide bonds. The molecule has 24 heavy (non-hydrogen) atoms. The van der Waals surface area contributed by atoms with Crippen molar-refractivity contribution in [3.63, 3.8) is 0 Å². The minimum atomic E-state index is 0.722. The van der Waals surface area contributed by atoms with Gasteiger partial charge in [0.25, 0.3) is 0 Å². The summed E-state index contributed by atoms with van der Waals surface area (Å²) < 4.78 is 0. The van der Waals surface area contributed by atoms with E-state index in [1.54, 1.807) is 0 Å². The van der Waals surface area contributed by atoms with E-state index in [-0.39, 0.29) is 0 Å². The first-order valence-corrected chi connectivity index (χ1v) is 10.7. The van der Waals surface area contributed by atoms with Crippen LogP contribution in [0.25, 0.3) is 0 Å². The molecule has 3 heteroatoms. The Morgan fingerprint density at radius 3 is 2.12 bits per heavy atom. The molecule has 0 aromatic rings. The summed E-state index contributed by atoms with van der Waals surface area (Å²) in [6.07, 6.45) is 10.4. The van der Waals surface area contributed by atoms with Crippen molar-refractivity contribution in [2.24, 2.45) is 17.3 Å². The first kappa shape index (κ1) is 17.3. The molecule has 3 saturated heterocycles. The van der Waals surface area contributed by atoms with Gasteiger partial charge in [-0.3, -0.25) is 4.90 Å². The van der Waals surface area contributed by atoms with Crippen LogP contribution in [0, 0.1) is 17.3 Å². The standard InChI is InChI=1S/C21H39N3/c1-17(2)14-21(6-7-21)16-24-19-4-5-20(24)13-18(12-19)15-23-10-8-22(3)9-11-23/h17-20H,4-16H2,1-3H3/t18-,19+,20-. The van der Waals surface area contributed by atoms with Crippen molar-refractivity contribution in [3.8, 4) is 0 Å². The average molecular weight is 334 g/mol. The van der Waals surface area contributed by atoms with E-state index in [9.17, 15) is 0 Å². The van der Waals surface area contributed by atoms with Crippen LogP contribution in [0.3, 0.4) is 0 Å². The van der Waals surface area contributed by atoms with E-state index in [2.05, 4.69) is 35.6 Å². The fourth-order valence-corrected chi connectivity index (χ4v) is 6.05. The van der Waals surface area contributed by atoms with Crippen LogP contribution in [0.4, 0.5) is 0 Å². The molecule has 0 radical (unpaired) electrons. The highest BCUT2D eigenvalue weighted by molar-refractivity contribution is 5.03. The zero-order valence-corrected chi connectivity index (χ0v) is 16.3. The van der Waals surface area contributed by atoms with Crippen molar-refractivity contribution in [1.29, 1.82) is 0 Å². The lowest BCUT2D eigenvalue weighted by molar-refractivity contribution is 0.0524. The van der Waals surface area contributed by atoms with E-state index in [0.717, 1.165) is 29.3 Å². The number of likely N-dealkylation sites (N-methyl/N-ethyl adjacent to an activating group) is 1. The van der Waals surface area contributed by atoms with Gasteiger partial charge in [0, 0.05) is 51.4 Å². The fourth-order valence-electron chi connectivity index (χ4n) is 6.05. The first-order valence-electron chi connectivity index (χ1n) is 10.7. The molecule has 0 unspecified atom stereocenters. The van der Waals surface area contributed by atoms with Crippen LogP contribution in [-0.4, -0.2) is 73.1 Å². The Labute approximate surface area is 149 Å². The monoisotopic (exact) mass is 333 g/mol. The van der Waals surface area contributed by atoms with Crippen molar-refractivity contribution in [2.45, 2.75) is 70.9 Å². The number of piperazine rings is 1. The normalized spacial score (nSPS) is 37.2. The van der Waals surface area contributed by atoms with Crippen LogP contribution in [0.5, 0.6) is 0 Å².